The molecular formula is C24H32N4O. The predicted molar refractivity (Wildman–Crippen MR) is 119 cm³/mol. The molecule has 4 rings (SSSR count). The molecule has 5 nitrogen and oxygen atoms in total. The van der Waals surface area contributed by atoms with E-state index in [0.29, 0.717) is 5.69 Å². The van der Waals surface area contributed by atoms with Crippen molar-refractivity contribution in [1.29, 1.82) is 0 Å². The minimum atomic E-state index is 0.0577. The third-order valence-corrected chi connectivity index (χ3v) is 6.42. The molecule has 0 bridgehead atoms. The molecule has 0 unspecified atom stereocenters. The Hall–Kier alpha value is -2.56. The maximum Gasteiger partial charge on any atom is 0.272 e. The second-order valence-electron chi connectivity index (χ2n) is 8.30. The Morgan fingerprint density at radius 1 is 0.862 bits per heavy atom. The number of hydrogen-bond acceptors (Lipinski definition) is 4. The van der Waals surface area contributed by atoms with Gasteiger partial charge in [0.2, 0.25) is 0 Å². The Morgan fingerprint density at radius 3 is 2.31 bits per heavy atom. The van der Waals surface area contributed by atoms with Crippen LogP contribution in [0.4, 0.5) is 11.4 Å². The molecule has 2 fully saturated rings. The van der Waals surface area contributed by atoms with Gasteiger partial charge in [-0.1, -0.05) is 25.0 Å². The van der Waals surface area contributed by atoms with Crippen LogP contribution in [0.15, 0.2) is 36.5 Å². The van der Waals surface area contributed by atoms with Gasteiger partial charge >= 0.3 is 0 Å². The van der Waals surface area contributed by atoms with Gasteiger partial charge in [0, 0.05) is 56.8 Å². The Labute approximate surface area is 174 Å². The first kappa shape index (κ1) is 19.7. The second kappa shape index (κ2) is 8.85. The number of amides is 1. The highest BCUT2D eigenvalue weighted by molar-refractivity contribution is 5.93. The number of hydrogen-bond donors (Lipinski definition) is 0. The molecule has 0 aliphatic carbocycles. The monoisotopic (exact) mass is 392 g/mol. The first-order chi connectivity index (χ1) is 14.1. The van der Waals surface area contributed by atoms with Crippen LogP contribution in [-0.2, 0) is 0 Å². The van der Waals surface area contributed by atoms with Crippen molar-refractivity contribution in [3.8, 4) is 0 Å². The van der Waals surface area contributed by atoms with Gasteiger partial charge in [0.05, 0.1) is 0 Å². The smallest absolute Gasteiger partial charge is 0.272 e. The summed E-state index contributed by atoms with van der Waals surface area (Å²) in [5.41, 5.74) is 5.65. The summed E-state index contributed by atoms with van der Waals surface area (Å²) in [6, 6.07) is 10.5. The summed E-state index contributed by atoms with van der Waals surface area (Å²) in [6.45, 7) is 9.69. The van der Waals surface area contributed by atoms with Crippen LogP contribution < -0.4 is 9.80 Å². The van der Waals surface area contributed by atoms with Gasteiger partial charge in [-0.05, 0) is 56.0 Å². The van der Waals surface area contributed by atoms with E-state index in [4.69, 9.17) is 0 Å². The fraction of sp³-hybridized carbons (Fsp3) is 0.500. The highest BCUT2D eigenvalue weighted by atomic mass is 16.2. The first-order valence-electron chi connectivity index (χ1n) is 10.9. The fourth-order valence-corrected chi connectivity index (χ4v) is 4.45. The topological polar surface area (TPSA) is 39.7 Å². The quantitative estimate of drug-likeness (QED) is 0.790. The summed E-state index contributed by atoms with van der Waals surface area (Å²) in [7, 11) is 0. The van der Waals surface area contributed by atoms with Crippen molar-refractivity contribution >= 4 is 17.3 Å². The van der Waals surface area contributed by atoms with Crippen molar-refractivity contribution in [2.75, 3.05) is 49.1 Å². The highest BCUT2D eigenvalue weighted by Crippen LogP contribution is 2.25. The third-order valence-electron chi connectivity index (χ3n) is 6.42. The molecule has 0 radical (unpaired) electrons. The summed E-state index contributed by atoms with van der Waals surface area (Å²) in [5.74, 6) is 0.0577. The molecule has 0 atom stereocenters. The van der Waals surface area contributed by atoms with E-state index < -0.39 is 0 Å². The van der Waals surface area contributed by atoms with Crippen molar-refractivity contribution in [3.63, 3.8) is 0 Å². The van der Waals surface area contributed by atoms with Crippen LogP contribution in [0.2, 0.25) is 0 Å². The lowest BCUT2D eigenvalue weighted by molar-refractivity contribution is 0.0741. The number of piperazine rings is 1. The van der Waals surface area contributed by atoms with Gasteiger partial charge in [0.15, 0.2) is 0 Å². The molecule has 0 spiro atoms. The largest absolute Gasteiger partial charge is 0.371 e. The predicted octanol–water partition coefficient (Wildman–Crippen LogP) is 4.04. The van der Waals surface area contributed by atoms with E-state index in [-0.39, 0.29) is 5.91 Å². The fourth-order valence-electron chi connectivity index (χ4n) is 4.45. The number of carbonyl (C=O) groups is 1. The Kier molecular flexibility index (Phi) is 6.02. The van der Waals surface area contributed by atoms with Crippen LogP contribution in [0.25, 0.3) is 0 Å². The summed E-state index contributed by atoms with van der Waals surface area (Å²) < 4.78 is 0. The molecule has 3 heterocycles. The van der Waals surface area contributed by atoms with Crippen LogP contribution in [-0.4, -0.2) is 55.1 Å². The van der Waals surface area contributed by atoms with Gasteiger partial charge in [-0.3, -0.25) is 9.78 Å². The molecule has 1 aromatic heterocycles. The van der Waals surface area contributed by atoms with E-state index in [2.05, 4.69) is 46.8 Å². The lowest BCUT2D eigenvalue weighted by Gasteiger charge is -2.37. The van der Waals surface area contributed by atoms with E-state index in [1.807, 2.05) is 17.0 Å². The normalized spacial score (nSPS) is 17.9. The van der Waals surface area contributed by atoms with Gasteiger partial charge in [-0.2, -0.15) is 0 Å². The molecule has 1 aromatic carbocycles. The number of aromatic nitrogens is 1. The van der Waals surface area contributed by atoms with Crippen molar-refractivity contribution in [1.82, 2.24) is 9.88 Å². The van der Waals surface area contributed by atoms with Crippen molar-refractivity contribution in [3.05, 3.63) is 53.3 Å². The zero-order valence-corrected chi connectivity index (χ0v) is 17.7. The van der Waals surface area contributed by atoms with Crippen LogP contribution in [0, 0.1) is 13.8 Å². The summed E-state index contributed by atoms with van der Waals surface area (Å²) in [6.07, 6.45) is 6.85. The summed E-state index contributed by atoms with van der Waals surface area (Å²) in [4.78, 5) is 24.3. The molecule has 2 aliphatic rings. The number of carbonyl (C=O) groups excluding carboxylic acids is 1. The van der Waals surface area contributed by atoms with Gasteiger partial charge in [-0.25, -0.2) is 0 Å². The molecule has 1 amide bonds. The van der Waals surface area contributed by atoms with Crippen molar-refractivity contribution in [2.45, 2.75) is 39.5 Å². The van der Waals surface area contributed by atoms with Crippen LogP contribution in [0.1, 0.15) is 47.3 Å². The minimum absolute atomic E-state index is 0.0577. The third kappa shape index (κ3) is 4.39. The summed E-state index contributed by atoms with van der Waals surface area (Å²) in [5, 5.41) is 0. The van der Waals surface area contributed by atoms with Gasteiger partial charge in [-0.15, -0.1) is 0 Å². The number of aryl methyl sites for hydroxylation is 1. The van der Waals surface area contributed by atoms with E-state index in [0.717, 1.165) is 45.0 Å². The summed E-state index contributed by atoms with van der Waals surface area (Å²) >= 11 is 0. The molecule has 0 N–H and O–H groups in total. The molecule has 2 aliphatic heterocycles. The maximum atomic E-state index is 13.1. The molecule has 154 valence electrons. The zero-order chi connectivity index (χ0) is 20.2. The van der Waals surface area contributed by atoms with Crippen LogP contribution in [0.5, 0.6) is 0 Å². The number of nitrogens with zero attached hydrogens (tertiary/aromatic N) is 4. The molecule has 5 heteroatoms. The molecular weight excluding hydrogens is 360 g/mol. The van der Waals surface area contributed by atoms with Crippen molar-refractivity contribution < 1.29 is 4.79 Å². The number of benzene rings is 1. The van der Waals surface area contributed by atoms with Crippen molar-refractivity contribution in [2.24, 2.45) is 0 Å². The van der Waals surface area contributed by atoms with Gasteiger partial charge in [0.1, 0.15) is 5.69 Å². The highest BCUT2D eigenvalue weighted by Gasteiger charge is 2.24. The number of pyridine rings is 1. The molecule has 2 saturated heterocycles. The van der Waals surface area contributed by atoms with Gasteiger partial charge < -0.3 is 14.7 Å². The Morgan fingerprint density at radius 2 is 1.59 bits per heavy atom. The molecule has 2 aromatic rings. The first-order valence-corrected chi connectivity index (χ1v) is 10.9. The van der Waals surface area contributed by atoms with E-state index in [1.54, 1.807) is 6.20 Å². The Bertz CT molecular complexity index is 850. The van der Waals surface area contributed by atoms with E-state index in [1.165, 1.54) is 42.5 Å². The lowest BCUT2D eigenvalue weighted by Crippen LogP contribution is -2.49. The van der Waals surface area contributed by atoms with E-state index >= 15 is 0 Å². The van der Waals surface area contributed by atoms with E-state index in [9.17, 15) is 4.79 Å². The standard InChI is InChI=1S/C24H32N4O/c1-19-8-7-9-23(20(19)2)27-14-16-28(17-15-27)24(29)22-18-21(10-11-25-22)26-12-5-3-4-6-13-26/h7-11,18H,3-6,12-17H2,1-2H3. The SMILES string of the molecule is Cc1cccc(N2CCN(C(=O)c3cc(N4CCCCCC4)ccn3)CC2)c1C. The van der Waals surface area contributed by atoms with Crippen LogP contribution in [0.3, 0.4) is 0 Å². The second-order valence-corrected chi connectivity index (χ2v) is 8.30. The zero-order valence-electron chi connectivity index (χ0n) is 17.7. The lowest BCUT2D eigenvalue weighted by atomic mass is 10.1. The van der Waals surface area contributed by atoms with Crippen LogP contribution >= 0.6 is 0 Å². The maximum absolute atomic E-state index is 13.1. The van der Waals surface area contributed by atoms with Gasteiger partial charge in [0.25, 0.3) is 5.91 Å². The molecule has 29 heavy (non-hydrogen) atoms. The average Bonchev–Trinajstić information content (AvgIpc) is 3.05. The Balaban J connectivity index is 1.42. The molecule has 0 saturated carbocycles. The minimum Gasteiger partial charge on any atom is -0.371 e. The number of rotatable bonds is 3. The number of anilines is 2. The average molecular weight is 393 g/mol.